The standard InChI is InChI=1S/C16H12ClFN2O2/c1-19-9-20-15-11(8-21)3-2-4-12(15)10-5-6-13(16(17)22)14(18)7-10/h2-9H,1H3,(H,19,20). The normalized spacial score (nSPS) is 10.7. The van der Waals surface area contributed by atoms with Crippen LogP contribution in [-0.2, 0) is 0 Å². The van der Waals surface area contributed by atoms with E-state index in [9.17, 15) is 14.0 Å². The van der Waals surface area contributed by atoms with Crippen LogP contribution in [-0.4, -0.2) is 24.9 Å². The molecule has 0 saturated carbocycles. The summed E-state index contributed by atoms with van der Waals surface area (Å²) < 4.78 is 13.9. The number of hydrogen-bond acceptors (Lipinski definition) is 3. The van der Waals surface area contributed by atoms with E-state index in [-0.39, 0.29) is 5.56 Å². The molecule has 0 aliphatic rings. The van der Waals surface area contributed by atoms with Crippen molar-refractivity contribution in [2.24, 2.45) is 4.99 Å². The van der Waals surface area contributed by atoms with Crippen molar-refractivity contribution in [3.63, 3.8) is 0 Å². The predicted octanol–water partition coefficient (Wildman–Crippen LogP) is 3.75. The number of hydrogen-bond donors (Lipinski definition) is 1. The Morgan fingerprint density at radius 1 is 1.32 bits per heavy atom. The number of nitrogens with one attached hydrogen (secondary N) is 1. The molecule has 112 valence electrons. The van der Waals surface area contributed by atoms with E-state index in [4.69, 9.17) is 11.6 Å². The lowest BCUT2D eigenvalue weighted by Gasteiger charge is -2.12. The zero-order valence-corrected chi connectivity index (χ0v) is 12.4. The van der Waals surface area contributed by atoms with Crippen LogP contribution < -0.4 is 5.32 Å². The van der Waals surface area contributed by atoms with E-state index in [0.717, 1.165) is 0 Å². The maximum Gasteiger partial charge on any atom is 0.255 e. The Hall–Kier alpha value is -2.53. The molecular weight excluding hydrogens is 307 g/mol. The van der Waals surface area contributed by atoms with Crippen LogP contribution in [0.4, 0.5) is 10.1 Å². The molecule has 2 aromatic carbocycles. The van der Waals surface area contributed by atoms with Crippen LogP contribution in [0.15, 0.2) is 41.4 Å². The Bertz CT molecular complexity index is 760. The Morgan fingerprint density at radius 2 is 2.09 bits per heavy atom. The van der Waals surface area contributed by atoms with Crippen LogP contribution in [0.2, 0.25) is 0 Å². The molecule has 0 bridgehead atoms. The first-order chi connectivity index (χ1) is 10.6. The summed E-state index contributed by atoms with van der Waals surface area (Å²) in [5.74, 6) is -0.718. The number of carbonyl (C=O) groups excluding carboxylic acids is 2. The van der Waals surface area contributed by atoms with Crippen molar-refractivity contribution in [3.05, 3.63) is 53.3 Å². The summed E-state index contributed by atoms with van der Waals surface area (Å²) in [5.41, 5.74) is 1.84. The number of halogens is 2. The van der Waals surface area contributed by atoms with Crippen molar-refractivity contribution in [1.82, 2.24) is 0 Å². The third-order valence-corrected chi connectivity index (χ3v) is 3.26. The topological polar surface area (TPSA) is 58.5 Å². The van der Waals surface area contributed by atoms with E-state index in [1.807, 2.05) is 0 Å². The summed E-state index contributed by atoms with van der Waals surface area (Å²) in [4.78, 5) is 26.0. The van der Waals surface area contributed by atoms with Crippen LogP contribution in [0.5, 0.6) is 0 Å². The third kappa shape index (κ3) is 3.20. The van der Waals surface area contributed by atoms with E-state index < -0.39 is 11.1 Å². The minimum Gasteiger partial charge on any atom is -0.346 e. The molecule has 0 aromatic heterocycles. The van der Waals surface area contributed by atoms with E-state index in [0.29, 0.717) is 28.7 Å². The number of nitrogens with zero attached hydrogens (tertiary/aromatic N) is 1. The molecule has 0 fully saturated rings. The highest BCUT2D eigenvalue weighted by atomic mass is 35.5. The predicted molar refractivity (Wildman–Crippen MR) is 85.4 cm³/mol. The zero-order valence-electron chi connectivity index (χ0n) is 11.6. The fraction of sp³-hybridized carbons (Fsp3) is 0.0625. The van der Waals surface area contributed by atoms with Gasteiger partial charge >= 0.3 is 0 Å². The molecule has 0 spiro atoms. The molecule has 6 heteroatoms. The second-order valence-electron chi connectivity index (χ2n) is 4.39. The molecular formula is C16H12ClFN2O2. The molecule has 2 rings (SSSR count). The molecule has 22 heavy (non-hydrogen) atoms. The highest BCUT2D eigenvalue weighted by molar-refractivity contribution is 6.67. The van der Waals surface area contributed by atoms with Crippen molar-refractivity contribution >= 4 is 35.2 Å². The van der Waals surface area contributed by atoms with E-state index in [1.165, 1.54) is 18.5 Å². The van der Waals surface area contributed by atoms with Crippen molar-refractivity contribution in [2.45, 2.75) is 0 Å². The van der Waals surface area contributed by atoms with Gasteiger partial charge in [-0.2, -0.15) is 0 Å². The van der Waals surface area contributed by atoms with Crippen LogP contribution in [0.3, 0.4) is 0 Å². The number of carbonyl (C=O) groups is 2. The summed E-state index contributed by atoms with van der Waals surface area (Å²) in [7, 11) is 1.58. The number of rotatable bonds is 5. The van der Waals surface area contributed by atoms with Gasteiger partial charge in [0.25, 0.3) is 5.24 Å². The second kappa shape index (κ2) is 6.95. The highest BCUT2D eigenvalue weighted by Gasteiger charge is 2.13. The molecule has 0 aliphatic carbocycles. The Labute approximate surface area is 131 Å². The molecule has 0 amide bonds. The Morgan fingerprint density at radius 3 is 2.68 bits per heavy atom. The van der Waals surface area contributed by atoms with E-state index in [1.54, 1.807) is 31.3 Å². The van der Waals surface area contributed by atoms with Gasteiger partial charge in [-0.25, -0.2) is 4.39 Å². The summed E-state index contributed by atoms with van der Waals surface area (Å²) in [6, 6.07) is 9.13. The van der Waals surface area contributed by atoms with Crippen LogP contribution in [0.1, 0.15) is 20.7 Å². The first-order valence-corrected chi connectivity index (χ1v) is 6.71. The first-order valence-electron chi connectivity index (χ1n) is 6.33. The number of anilines is 1. The fourth-order valence-corrected chi connectivity index (χ4v) is 2.19. The molecule has 0 radical (unpaired) electrons. The maximum atomic E-state index is 13.9. The van der Waals surface area contributed by atoms with Crippen molar-refractivity contribution < 1.29 is 14.0 Å². The van der Waals surface area contributed by atoms with Crippen molar-refractivity contribution in [2.75, 3.05) is 12.4 Å². The molecule has 0 aliphatic heterocycles. The van der Waals surface area contributed by atoms with Gasteiger partial charge in [0.2, 0.25) is 0 Å². The van der Waals surface area contributed by atoms with Gasteiger partial charge < -0.3 is 5.32 Å². The lowest BCUT2D eigenvalue weighted by atomic mass is 9.99. The average molecular weight is 319 g/mol. The van der Waals surface area contributed by atoms with Crippen LogP contribution in [0.25, 0.3) is 11.1 Å². The van der Waals surface area contributed by atoms with Crippen molar-refractivity contribution in [1.29, 1.82) is 0 Å². The number of aldehydes is 1. The summed E-state index contributed by atoms with van der Waals surface area (Å²) in [6.45, 7) is 0. The number of para-hydroxylation sites is 1. The van der Waals surface area contributed by atoms with Gasteiger partial charge in [-0.1, -0.05) is 18.2 Å². The summed E-state index contributed by atoms with van der Waals surface area (Å²) >= 11 is 5.30. The quantitative estimate of drug-likeness (QED) is 0.395. The lowest BCUT2D eigenvalue weighted by Crippen LogP contribution is -2.02. The highest BCUT2D eigenvalue weighted by Crippen LogP contribution is 2.31. The smallest absolute Gasteiger partial charge is 0.255 e. The van der Waals surface area contributed by atoms with Gasteiger partial charge in [0.05, 0.1) is 17.6 Å². The average Bonchev–Trinajstić information content (AvgIpc) is 2.52. The largest absolute Gasteiger partial charge is 0.346 e. The number of aliphatic imine (C=N–C) groups is 1. The second-order valence-corrected chi connectivity index (χ2v) is 4.73. The number of benzene rings is 2. The maximum absolute atomic E-state index is 13.9. The third-order valence-electron chi connectivity index (χ3n) is 3.05. The van der Waals surface area contributed by atoms with Gasteiger partial charge in [0.15, 0.2) is 6.29 Å². The van der Waals surface area contributed by atoms with E-state index in [2.05, 4.69) is 10.3 Å². The lowest BCUT2D eigenvalue weighted by molar-refractivity contribution is 0.107. The Kier molecular flexibility index (Phi) is 5.01. The van der Waals surface area contributed by atoms with Gasteiger partial charge in [0, 0.05) is 18.2 Å². The van der Waals surface area contributed by atoms with Crippen molar-refractivity contribution in [3.8, 4) is 11.1 Å². The van der Waals surface area contributed by atoms with Gasteiger partial charge in [-0.05, 0) is 35.4 Å². The molecule has 1 N–H and O–H groups in total. The fourth-order valence-electron chi connectivity index (χ4n) is 2.04. The first kappa shape index (κ1) is 15.9. The monoisotopic (exact) mass is 318 g/mol. The van der Waals surface area contributed by atoms with Gasteiger partial charge in [-0.15, -0.1) is 0 Å². The van der Waals surface area contributed by atoms with Gasteiger partial charge in [-0.3, -0.25) is 14.6 Å². The zero-order chi connectivity index (χ0) is 16.1. The minimum atomic E-state index is -0.859. The molecule has 4 nitrogen and oxygen atoms in total. The molecule has 0 unspecified atom stereocenters. The Balaban J connectivity index is 2.59. The SMILES string of the molecule is CN=CNc1c(C=O)cccc1-c1ccc(C(=O)Cl)c(F)c1. The van der Waals surface area contributed by atoms with E-state index >= 15 is 0 Å². The molecule has 0 saturated heterocycles. The van der Waals surface area contributed by atoms with Crippen LogP contribution in [0, 0.1) is 5.82 Å². The summed E-state index contributed by atoms with van der Waals surface area (Å²) in [6.07, 6.45) is 2.13. The molecule has 0 heterocycles. The summed E-state index contributed by atoms with van der Waals surface area (Å²) in [5, 5.41) is 2.04. The van der Waals surface area contributed by atoms with Gasteiger partial charge in [0.1, 0.15) is 5.82 Å². The molecule has 2 aromatic rings. The minimum absolute atomic E-state index is 0.193. The molecule has 0 atom stereocenters. The van der Waals surface area contributed by atoms with Crippen LogP contribution >= 0.6 is 11.6 Å².